The van der Waals surface area contributed by atoms with Gasteiger partial charge in [0.2, 0.25) is 0 Å². The third-order valence-electron chi connectivity index (χ3n) is 2.63. The van der Waals surface area contributed by atoms with Crippen molar-refractivity contribution in [3.63, 3.8) is 0 Å². The predicted molar refractivity (Wildman–Crippen MR) is 74.6 cm³/mol. The summed E-state index contributed by atoms with van der Waals surface area (Å²) in [5, 5.41) is 4.10. The predicted octanol–water partition coefficient (Wildman–Crippen LogP) is 4.52. The first-order valence-electron chi connectivity index (χ1n) is 5.50. The fourth-order valence-corrected chi connectivity index (χ4v) is 2.32. The molecule has 0 atom stereocenters. The van der Waals surface area contributed by atoms with Crippen molar-refractivity contribution in [3.8, 4) is 11.1 Å². The molecule has 0 saturated carbocycles. The zero-order valence-corrected chi connectivity index (χ0v) is 11.3. The second kappa shape index (κ2) is 5.70. The highest BCUT2D eigenvalue weighted by Crippen LogP contribution is 2.34. The van der Waals surface area contributed by atoms with Gasteiger partial charge < -0.3 is 5.32 Å². The molecule has 0 heterocycles. The Balaban J connectivity index is 2.47. The minimum Gasteiger partial charge on any atom is -0.316 e. The van der Waals surface area contributed by atoms with Crippen molar-refractivity contribution in [1.82, 2.24) is 5.32 Å². The second-order valence-electron chi connectivity index (χ2n) is 3.97. The molecular weight excluding hydrogens is 272 g/mol. The molecule has 1 nitrogen and oxygen atoms in total. The minimum atomic E-state index is -0.329. The SMILES string of the molecule is CNCc1ccc(-c2cc(F)ccc2Cl)c(Cl)c1. The van der Waals surface area contributed by atoms with E-state index in [0.717, 1.165) is 17.7 Å². The molecule has 0 aliphatic carbocycles. The van der Waals surface area contributed by atoms with E-state index < -0.39 is 0 Å². The number of hydrogen-bond donors (Lipinski definition) is 1. The monoisotopic (exact) mass is 283 g/mol. The first kappa shape index (κ1) is 13.3. The lowest BCUT2D eigenvalue weighted by Crippen LogP contribution is -2.04. The van der Waals surface area contributed by atoms with Gasteiger partial charge in [0.05, 0.1) is 0 Å². The van der Waals surface area contributed by atoms with Gasteiger partial charge in [0, 0.05) is 27.7 Å². The van der Waals surface area contributed by atoms with Crippen LogP contribution in [0.25, 0.3) is 11.1 Å². The smallest absolute Gasteiger partial charge is 0.123 e. The van der Waals surface area contributed by atoms with Crippen molar-refractivity contribution in [2.24, 2.45) is 0 Å². The van der Waals surface area contributed by atoms with Crippen molar-refractivity contribution in [1.29, 1.82) is 0 Å². The largest absolute Gasteiger partial charge is 0.316 e. The lowest BCUT2D eigenvalue weighted by molar-refractivity contribution is 0.628. The Kier molecular flexibility index (Phi) is 4.23. The van der Waals surface area contributed by atoms with Crippen molar-refractivity contribution in [3.05, 3.63) is 57.8 Å². The molecule has 94 valence electrons. The van der Waals surface area contributed by atoms with Crippen LogP contribution in [0.15, 0.2) is 36.4 Å². The third kappa shape index (κ3) is 2.83. The van der Waals surface area contributed by atoms with Crippen LogP contribution in [0, 0.1) is 5.82 Å². The number of rotatable bonds is 3. The Morgan fingerprint density at radius 3 is 2.44 bits per heavy atom. The molecule has 4 heteroatoms. The molecule has 2 rings (SSSR count). The highest BCUT2D eigenvalue weighted by atomic mass is 35.5. The number of nitrogens with one attached hydrogen (secondary N) is 1. The van der Waals surface area contributed by atoms with Crippen LogP contribution < -0.4 is 5.32 Å². The summed E-state index contributed by atoms with van der Waals surface area (Å²) in [4.78, 5) is 0. The van der Waals surface area contributed by atoms with Gasteiger partial charge in [-0.25, -0.2) is 4.39 Å². The fourth-order valence-electron chi connectivity index (χ4n) is 1.80. The van der Waals surface area contributed by atoms with E-state index in [9.17, 15) is 4.39 Å². The number of halogens is 3. The van der Waals surface area contributed by atoms with Crippen LogP contribution in [0.4, 0.5) is 4.39 Å². The molecule has 0 aromatic heterocycles. The van der Waals surface area contributed by atoms with Crippen LogP contribution in [-0.2, 0) is 6.54 Å². The average Bonchev–Trinajstić information content (AvgIpc) is 2.33. The lowest BCUT2D eigenvalue weighted by atomic mass is 10.0. The van der Waals surface area contributed by atoms with E-state index in [-0.39, 0.29) is 5.82 Å². The highest BCUT2D eigenvalue weighted by molar-refractivity contribution is 6.36. The Morgan fingerprint density at radius 1 is 1.00 bits per heavy atom. The molecule has 0 bridgehead atoms. The standard InChI is InChI=1S/C14H12Cl2FN/c1-18-8-9-2-4-11(14(16)6-9)12-7-10(17)3-5-13(12)15/h2-7,18H,8H2,1H3. The maximum atomic E-state index is 13.3. The zero-order valence-electron chi connectivity index (χ0n) is 9.81. The van der Waals surface area contributed by atoms with Gasteiger partial charge in [0.25, 0.3) is 0 Å². The van der Waals surface area contributed by atoms with Crippen LogP contribution in [0.2, 0.25) is 10.0 Å². The zero-order chi connectivity index (χ0) is 13.1. The molecular formula is C14H12Cl2FN. The molecule has 1 N–H and O–H groups in total. The van der Waals surface area contributed by atoms with Gasteiger partial charge >= 0.3 is 0 Å². The van der Waals surface area contributed by atoms with Crippen molar-refractivity contribution >= 4 is 23.2 Å². The van der Waals surface area contributed by atoms with Gasteiger partial charge in [-0.1, -0.05) is 35.3 Å². The summed E-state index contributed by atoms with van der Waals surface area (Å²) in [6, 6.07) is 9.91. The van der Waals surface area contributed by atoms with Crippen LogP contribution >= 0.6 is 23.2 Å². The molecule has 0 aliphatic heterocycles. The van der Waals surface area contributed by atoms with Crippen LogP contribution in [0.3, 0.4) is 0 Å². The molecule has 2 aromatic carbocycles. The molecule has 0 aliphatic rings. The van der Waals surface area contributed by atoms with Gasteiger partial charge in [-0.05, 0) is 36.9 Å². The summed E-state index contributed by atoms with van der Waals surface area (Å²) in [6.07, 6.45) is 0. The van der Waals surface area contributed by atoms with E-state index in [0.29, 0.717) is 15.6 Å². The first-order chi connectivity index (χ1) is 8.61. The molecule has 0 spiro atoms. The summed E-state index contributed by atoms with van der Waals surface area (Å²) in [5.41, 5.74) is 2.41. The quantitative estimate of drug-likeness (QED) is 0.873. The molecule has 0 radical (unpaired) electrons. The second-order valence-corrected chi connectivity index (χ2v) is 4.78. The highest BCUT2D eigenvalue weighted by Gasteiger charge is 2.09. The molecule has 0 saturated heterocycles. The molecule has 0 amide bonds. The summed E-state index contributed by atoms with van der Waals surface area (Å²) < 4.78 is 13.3. The van der Waals surface area contributed by atoms with E-state index >= 15 is 0 Å². The third-order valence-corrected chi connectivity index (χ3v) is 3.28. The van der Waals surface area contributed by atoms with E-state index in [1.165, 1.54) is 18.2 Å². The summed E-state index contributed by atoms with van der Waals surface area (Å²) >= 11 is 12.3. The van der Waals surface area contributed by atoms with Crippen LogP contribution in [-0.4, -0.2) is 7.05 Å². The van der Waals surface area contributed by atoms with Crippen molar-refractivity contribution < 1.29 is 4.39 Å². The molecule has 18 heavy (non-hydrogen) atoms. The maximum Gasteiger partial charge on any atom is 0.123 e. The van der Waals surface area contributed by atoms with Crippen molar-refractivity contribution in [2.75, 3.05) is 7.05 Å². The number of hydrogen-bond acceptors (Lipinski definition) is 1. The summed E-state index contributed by atoms with van der Waals surface area (Å²) in [6.45, 7) is 0.733. The van der Waals surface area contributed by atoms with Gasteiger partial charge in [-0.2, -0.15) is 0 Å². The average molecular weight is 284 g/mol. The number of benzene rings is 2. The van der Waals surface area contributed by atoms with Gasteiger partial charge in [0.15, 0.2) is 0 Å². The van der Waals surface area contributed by atoms with Crippen LogP contribution in [0.5, 0.6) is 0 Å². The Labute approximate surface area is 116 Å². The Morgan fingerprint density at radius 2 is 1.78 bits per heavy atom. The summed E-state index contributed by atoms with van der Waals surface area (Å²) in [7, 11) is 1.87. The molecule has 2 aromatic rings. The van der Waals surface area contributed by atoms with Gasteiger partial charge in [-0.3, -0.25) is 0 Å². The van der Waals surface area contributed by atoms with E-state index in [4.69, 9.17) is 23.2 Å². The van der Waals surface area contributed by atoms with E-state index in [1.54, 1.807) is 0 Å². The van der Waals surface area contributed by atoms with Crippen molar-refractivity contribution in [2.45, 2.75) is 6.54 Å². The van der Waals surface area contributed by atoms with Crippen LogP contribution in [0.1, 0.15) is 5.56 Å². The fraction of sp³-hybridized carbons (Fsp3) is 0.143. The van der Waals surface area contributed by atoms with Gasteiger partial charge in [0.1, 0.15) is 5.82 Å². The Hall–Kier alpha value is -1.09. The van der Waals surface area contributed by atoms with E-state index in [2.05, 4.69) is 5.32 Å². The Bertz CT molecular complexity index is 570. The summed E-state index contributed by atoms with van der Waals surface area (Å²) in [5.74, 6) is -0.329. The van der Waals surface area contributed by atoms with Gasteiger partial charge in [-0.15, -0.1) is 0 Å². The molecule has 0 fully saturated rings. The topological polar surface area (TPSA) is 12.0 Å². The first-order valence-corrected chi connectivity index (χ1v) is 6.26. The normalized spacial score (nSPS) is 10.7. The molecule has 0 unspecified atom stereocenters. The van der Waals surface area contributed by atoms with E-state index in [1.807, 2.05) is 25.2 Å². The minimum absolute atomic E-state index is 0.329. The lowest BCUT2D eigenvalue weighted by Gasteiger charge is -2.09. The maximum absolute atomic E-state index is 13.3.